The molecule has 0 atom stereocenters. The van der Waals surface area contributed by atoms with Crippen molar-refractivity contribution in [3.63, 3.8) is 0 Å². The van der Waals surface area contributed by atoms with E-state index in [0.29, 0.717) is 64.0 Å². The number of fused-ring (bicyclic) bond motifs is 8. The molecule has 2 amide bonds. The molecule has 6 rings (SSSR count). The second-order valence-corrected chi connectivity index (χ2v) is 10.4. The molecular weight excluding hydrogens is 502 g/mol. The van der Waals surface area contributed by atoms with Crippen LogP contribution in [0.3, 0.4) is 0 Å². The van der Waals surface area contributed by atoms with Crippen molar-refractivity contribution in [3.8, 4) is 5.75 Å². The summed E-state index contributed by atoms with van der Waals surface area (Å²) in [4.78, 5) is 54.4. The molecule has 0 unspecified atom stereocenters. The molecule has 2 aromatic heterocycles. The van der Waals surface area contributed by atoms with Crippen LogP contribution in [0.25, 0.3) is 0 Å². The van der Waals surface area contributed by atoms with Crippen LogP contribution >= 0.6 is 0 Å². The third-order valence-electron chi connectivity index (χ3n) is 7.58. The molecule has 1 fully saturated rings. The summed E-state index contributed by atoms with van der Waals surface area (Å²) < 4.78 is 8.81. The Bertz CT molecular complexity index is 1450. The van der Waals surface area contributed by atoms with Gasteiger partial charge in [0.2, 0.25) is 11.8 Å². The molecule has 4 bridgehead atoms. The molecule has 1 aromatic carbocycles. The zero-order valence-electron chi connectivity index (χ0n) is 22.0. The third kappa shape index (κ3) is 6.10. The monoisotopic (exact) mass is 535 g/mol. The van der Waals surface area contributed by atoms with Gasteiger partial charge in [0.15, 0.2) is 0 Å². The Balaban J connectivity index is 1.31. The molecule has 12 heteroatoms. The highest BCUT2D eigenvalue weighted by Gasteiger charge is 2.43. The molecule has 3 aliphatic heterocycles. The van der Waals surface area contributed by atoms with E-state index in [0.717, 1.165) is 23.4 Å². The Morgan fingerprint density at radius 2 is 1.85 bits per heavy atom. The summed E-state index contributed by atoms with van der Waals surface area (Å²) in [6.45, 7) is 3.85. The van der Waals surface area contributed by atoms with Gasteiger partial charge in [-0.05, 0) is 43.9 Å². The lowest BCUT2D eigenvalue weighted by Crippen LogP contribution is -2.52. The molecule has 206 valence electrons. The first-order valence-corrected chi connectivity index (χ1v) is 13.3. The van der Waals surface area contributed by atoms with Crippen LogP contribution in [0.15, 0.2) is 46.2 Å². The molecule has 2 N–H and O–H groups in total. The Hall–Kier alpha value is -4.22. The van der Waals surface area contributed by atoms with E-state index in [1.807, 2.05) is 30.5 Å². The maximum Gasteiger partial charge on any atom is 0.328 e. The summed E-state index contributed by atoms with van der Waals surface area (Å²) in [6.07, 6.45) is 6.07. The van der Waals surface area contributed by atoms with Crippen molar-refractivity contribution in [2.75, 3.05) is 26.2 Å². The number of carbonyl (C=O) groups excluding carboxylic acids is 2. The number of benzene rings is 1. The number of hydrogen-bond acceptors (Lipinski definition) is 7. The minimum Gasteiger partial charge on any atom is -0.494 e. The molecule has 0 saturated carbocycles. The predicted octanol–water partition coefficient (Wildman–Crippen LogP) is 0.429. The van der Waals surface area contributed by atoms with Crippen LogP contribution in [0.2, 0.25) is 0 Å². The Labute approximate surface area is 225 Å². The van der Waals surface area contributed by atoms with Gasteiger partial charge < -0.3 is 15.0 Å². The van der Waals surface area contributed by atoms with E-state index in [2.05, 4.69) is 20.6 Å². The van der Waals surface area contributed by atoms with Crippen LogP contribution < -0.4 is 21.3 Å². The number of aryl methyl sites for hydroxylation is 2. The van der Waals surface area contributed by atoms with Gasteiger partial charge in [-0.25, -0.2) is 4.79 Å². The van der Waals surface area contributed by atoms with E-state index in [1.54, 1.807) is 16.5 Å². The lowest BCUT2D eigenvalue weighted by Gasteiger charge is -2.40. The average molecular weight is 536 g/mol. The van der Waals surface area contributed by atoms with Crippen molar-refractivity contribution in [1.82, 2.24) is 34.8 Å². The standard InChI is InChI=1S/C27H33N7O5/c1-19-16-33(26(38)29-24(19)36)18-23(35)32-12-8-27(9-13-32)15-21-17-34(31-30-21)11-2-14-39-22-5-3-20(4-6-22)7-10-28-25(27)37/h3-6,16-17H,2,7-15,18H2,1H3,(H,28,37)(H,29,36,38). The van der Waals surface area contributed by atoms with Crippen LogP contribution in [0, 0.1) is 12.3 Å². The summed E-state index contributed by atoms with van der Waals surface area (Å²) in [5.74, 6) is 0.521. The highest BCUT2D eigenvalue weighted by atomic mass is 16.5. The fraction of sp³-hybridized carbons (Fsp3) is 0.481. The molecule has 1 spiro atoms. The third-order valence-corrected chi connectivity index (χ3v) is 7.58. The second-order valence-electron chi connectivity index (χ2n) is 10.4. The summed E-state index contributed by atoms with van der Waals surface area (Å²) in [5.41, 5.74) is 0.379. The van der Waals surface area contributed by atoms with Gasteiger partial charge >= 0.3 is 5.69 Å². The second kappa shape index (κ2) is 11.3. The number of aromatic nitrogens is 5. The minimum atomic E-state index is -0.732. The number of carbonyl (C=O) groups is 2. The first-order chi connectivity index (χ1) is 18.8. The quantitative estimate of drug-likeness (QED) is 0.484. The largest absolute Gasteiger partial charge is 0.494 e. The minimum absolute atomic E-state index is 0.0547. The summed E-state index contributed by atoms with van der Waals surface area (Å²) in [7, 11) is 0. The van der Waals surface area contributed by atoms with Gasteiger partial charge in [0.05, 0.1) is 17.7 Å². The predicted molar refractivity (Wildman–Crippen MR) is 141 cm³/mol. The van der Waals surface area contributed by atoms with Gasteiger partial charge in [0.1, 0.15) is 12.3 Å². The van der Waals surface area contributed by atoms with Gasteiger partial charge in [-0.1, -0.05) is 17.3 Å². The number of likely N-dealkylation sites (tertiary alicyclic amines) is 1. The molecule has 12 nitrogen and oxygen atoms in total. The van der Waals surface area contributed by atoms with Crippen molar-refractivity contribution < 1.29 is 14.3 Å². The Kier molecular flexibility index (Phi) is 7.62. The molecule has 39 heavy (non-hydrogen) atoms. The SMILES string of the molecule is Cc1cn(CC(=O)N2CCC3(CC2)Cc2cn(nn2)CCCOc2ccc(cc2)CCNC3=O)c(=O)[nH]c1=O. The number of aromatic amines is 1. The topological polar surface area (TPSA) is 144 Å². The van der Waals surface area contributed by atoms with E-state index in [-0.39, 0.29) is 18.4 Å². The first kappa shape index (κ1) is 26.4. The lowest BCUT2D eigenvalue weighted by atomic mass is 9.74. The normalized spacial score (nSPS) is 17.9. The highest BCUT2D eigenvalue weighted by molar-refractivity contribution is 5.84. The number of rotatable bonds is 2. The first-order valence-electron chi connectivity index (χ1n) is 13.3. The average Bonchev–Trinajstić information content (AvgIpc) is 3.37. The van der Waals surface area contributed by atoms with Gasteiger partial charge in [0.25, 0.3) is 5.56 Å². The van der Waals surface area contributed by atoms with Crippen molar-refractivity contribution in [2.24, 2.45) is 5.41 Å². The van der Waals surface area contributed by atoms with Gasteiger partial charge in [0, 0.05) is 57.0 Å². The zero-order valence-corrected chi connectivity index (χ0v) is 22.0. The Morgan fingerprint density at radius 1 is 1.08 bits per heavy atom. The van der Waals surface area contributed by atoms with E-state index < -0.39 is 16.7 Å². The number of ether oxygens (including phenoxy) is 1. The molecule has 3 aromatic rings. The smallest absolute Gasteiger partial charge is 0.328 e. The van der Waals surface area contributed by atoms with Gasteiger partial charge in [-0.3, -0.25) is 28.6 Å². The fourth-order valence-corrected chi connectivity index (χ4v) is 5.20. The molecule has 1 saturated heterocycles. The van der Waals surface area contributed by atoms with Gasteiger partial charge in [-0.2, -0.15) is 0 Å². The van der Waals surface area contributed by atoms with E-state index in [4.69, 9.17) is 4.74 Å². The lowest BCUT2D eigenvalue weighted by molar-refractivity contribution is -0.141. The van der Waals surface area contributed by atoms with Crippen LogP contribution in [-0.2, 0) is 35.5 Å². The number of amides is 2. The molecular formula is C27H33N7O5. The van der Waals surface area contributed by atoms with Crippen LogP contribution in [0.1, 0.15) is 36.1 Å². The number of piperidine rings is 1. The summed E-state index contributed by atoms with van der Waals surface area (Å²) in [5, 5.41) is 11.7. The highest BCUT2D eigenvalue weighted by Crippen LogP contribution is 2.35. The van der Waals surface area contributed by atoms with E-state index >= 15 is 0 Å². The number of nitrogens with one attached hydrogen (secondary N) is 2. The zero-order chi connectivity index (χ0) is 27.4. The van der Waals surface area contributed by atoms with Crippen LogP contribution in [0.5, 0.6) is 5.75 Å². The van der Waals surface area contributed by atoms with Crippen LogP contribution in [-0.4, -0.2) is 67.5 Å². The number of nitrogens with zero attached hydrogens (tertiary/aromatic N) is 5. The molecule has 3 aliphatic rings. The summed E-state index contributed by atoms with van der Waals surface area (Å²) >= 11 is 0. The number of H-pyrrole nitrogens is 1. The van der Waals surface area contributed by atoms with E-state index in [9.17, 15) is 19.2 Å². The summed E-state index contributed by atoms with van der Waals surface area (Å²) in [6, 6.07) is 7.91. The molecule has 0 radical (unpaired) electrons. The number of hydrogen-bond donors (Lipinski definition) is 2. The maximum absolute atomic E-state index is 13.6. The maximum atomic E-state index is 13.6. The van der Waals surface area contributed by atoms with Crippen molar-refractivity contribution >= 4 is 11.8 Å². The van der Waals surface area contributed by atoms with Crippen molar-refractivity contribution in [2.45, 2.75) is 52.1 Å². The van der Waals surface area contributed by atoms with Gasteiger partial charge in [-0.15, -0.1) is 5.10 Å². The Morgan fingerprint density at radius 3 is 2.62 bits per heavy atom. The van der Waals surface area contributed by atoms with Crippen LogP contribution in [0.4, 0.5) is 0 Å². The van der Waals surface area contributed by atoms with Crippen molar-refractivity contribution in [1.29, 1.82) is 0 Å². The molecule has 5 heterocycles. The molecule has 0 aliphatic carbocycles. The van der Waals surface area contributed by atoms with E-state index in [1.165, 1.54) is 10.8 Å². The van der Waals surface area contributed by atoms with Crippen molar-refractivity contribution in [3.05, 3.63) is 74.3 Å². The fourth-order valence-electron chi connectivity index (χ4n) is 5.20.